The maximum Gasteiger partial charge on any atom is 0.0558 e. The van der Waals surface area contributed by atoms with Gasteiger partial charge >= 0.3 is 0 Å². The topological polar surface area (TPSA) is 35.5 Å². The van der Waals surface area contributed by atoms with E-state index in [9.17, 15) is 0 Å². The Hall–Kier alpha value is -0.120. The molecule has 1 aliphatic heterocycles. The lowest BCUT2D eigenvalue weighted by atomic mass is 9.96. The van der Waals surface area contributed by atoms with Crippen molar-refractivity contribution < 1.29 is 5.11 Å². The zero-order valence-corrected chi connectivity index (χ0v) is 11.7. The smallest absolute Gasteiger partial charge is 0.0558 e. The molecular weight excluding hydrogens is 224 g/mol. The quantitative estimate of drug-likeness (QED) is 0.737. The number of likely N-dealkylation sites (tertiary alicyclic amines) is 1. The summed E-state index contributed by atoms with van der Waals surface area (Å²) in [6.07, 6.45) is 11.1. The van der Waals surface area contributed by atoms with Crippen LogP contribution in [-0.4, -0.2) is 48.8 Å². The summed E-state index contributed by atoms with van der Waals surface area (Å²) in [4.78, 5) is 2.39. The Bertz CT molecular complexity index is 207. The first-order valence-electron chi connectivity index (χ1n) is 7.95. The Kier molecular flexibility index (Phi) is 6.46. The zero-order chi connectivity index (χ0) is 12.6. The fourth-order valence-corrected chi connectivity index (χ4v) is 3.37. The van der Waals surface area contributed by atoms with E-state index in [1.807, 2.05) is 0 Å². The average molecular weight is 254 g/mol. The number of piperidine rings is 1. The van der Waals surface area contributed by atoms with E-state index < -0.39 is 0 Å². The van der Waals surface area contributed by atoms with E-state index in [1.165, 1.54) is 71.0 Å². The van der Waals surface area contributed by atoms with Crippen LogP contribution in [-0.2, 0) is 0 Å². The first-order valence-corrected chi connectivity index (χ1v) is 7.95. The van der Waals surface area contributed by atoms with Gasteiger partial charge in [0.1, 0.15) is 0 Å². The molecule has 3 heteroatoms. The number of nitrogens with one attached hydrogen (secondary N) is 1. The van der Waals surface area contributed by atoms with Gasteiger partial charge in [-0.2, -0.15) is 0 Å². The zero-order valence-electron chi connectivity index (χ0n) is 11.7. The molecule has 0 aromatic carbocycles. The lowest BCUT2D eigenvalue weighted by Gasteiger charge is -2.32. The average Bonchev–Trinajstić information content (AvgIpc) is 2.67. The standard InChI is InChI=1S/C15H30N2O/c18-12-11-17-9-7-14(8-10-17)13-16-15-5-3-1-2-4-6-15/h14-16,18H,1-13H2. The minimum absolute atomic E-state index is 0.311. The normalized spacial score (nSPS) is 25.2. The van der Waals surface area contributed by atoms with E-state index in [0.717, 1.165) is 18.5 Å². The summed E-state index contributed by atoms with van der Waals surface area (Å²) in [5.41, 5.74) is 0. The molecule has 2 fully saturated rings. The van der Waals surface area contributed by atoms with Crippen molar-refractivity contribution in [1.82, 2.24) is 10.2 Å². The van der Waals surface area contributed by atoms with Crippen LogP contribution in [0.4, 0.5) is 0 Å². The third-order valence-corrected chi connectivity index (χ3v) is 4.67. The van der Waals surface area contributed by atoms with Gasteiger partial charge in [-0.15, -0.1) is 0 Å². The molecule has 0 radical (unpaired) electrons. The van der Waals surface area contributed by atoms with Crippen LogP contribution in [0.5, 0.6) is 0 Å². The van der Waals surface area contributed by atoms with Crippen LogP contribution < -0.4 is 5.32 Å². The van der Waals surface area contributed by atoms with Gasteiger partial charge in [0.25, 0.3) is 0 Å². The number of hydrogen-bond acceptors (Lipinski definition) is 3. The summed E-state index contributed by atoms with van der Waals surface area (Å²) in [7, 11) is 0. The van der Waals surface area contributed by atoms with Crippen molar-refractivity contribution >= 4 is 0 Å². The van der Waals surface area contributed by atoms with E-state index in [2.05, 4.69) is 10.2 Å². The summed E-state index contributed by atoms with van der Waals surface area (Å²) in [5, 5.41) is 12.7. The molecule has 0 spiro atoms. The van der Waals surface area contributed by atoms with Crippen molar-refractivity contribution in [3.05, 3.63) is 0 Å². The van der Waals surface area contributed by atoms with Crippen LogP contribution in [0.1, 0.15) is 51.4 Å². The summed E-state index contributed by atoms with van der Waals surface area (Å²) >= 11 is 0. The van der Waals surface area contributed by atoms with Crippen molar-refractivity contribution in [2.45, 2.75) is 57.4 Å². The fraction of sp³-hybridized carbons (Fsp3) is 1.00. The summed E-state index contributed by atoms with van der Waals surface area (Å²) in [6.45, 7) is 4.75. The number of rotatable bonds is 5. The largest absolute Gasteiger partial charge is 0.395 e. The molecule has 2 N–H and O–H groups in total. The molecule has 0 bridgehead atoms. The van der Waals surface area contributed by atoms with Gasteiger partial charge in [0.15, 0.2) is 0 Å². The number of aliphatic hydroxyl groups excluding tert-OH is 1. The van der Waals surface area contributed by atoms with E-state index in [4.69, 9.17) is 5.11 Å². The number of β-amino-alcohol motifs (C(OH)–C–C–N with tert-alkyl or cyclic N) is 1. The van der Waals surface area contributed by atoms with Crippen molar-refractivity contribution in [3.63, 3.8) is 0 Å². The second kappa shape index (κ2) is 8.13. The second-order valence-electron chi connectivity index (χ2n) is 6.11. The predicted molar refractivity (Wildman–Crippen MR) is 75.7 cm³/mol. The highest BCUT2D eigenvalue weighted by atomic mass is 16.3. The predicted octanol–water partition coefficient (Wildman–Crippen LogP) is 2.00. The third-order valence-electron chi connectivity index (χ3n) is 4.67. The van der Waals surface area contributed by atoms with E-state index in [-0.39, 0.29) is 0 Å². The summed E-state index contributed by atoms with van der Waals surface area (Å²) in [6, 6.07) is 0.794. The first kappa shape index (κ1) is 14.3. The lowest BCUT2D eigenvalue weighted by molar-refractivity contribution is 0.145. The van der Waals surface area contributed by atoms with Crippen molar-refractivity contribution in [1.29, 1.82) is 0 Å². The Morgan fingerprint density at radius 2 is 1.61 bits per heavy atom. The molecule has 1 saturated carbocycles. The highest BCUT2D eigenvalue weighted by Crippen LogP contribution is 2.19. The van der Waals surface area contributed by atoms with E-state index in [1.54, 1.807) is 0 Å². The van der Waals surface area contributed by atoms with E-state index in [0.29, 0.717) is 6.61 Å². The summed E-state index contributed by atoms with van der Waals surface area (Å²) < 4.78 is 0. The molecule has 0 aromatic heterocycles. The van der Waals surface area contributed by atoms with Crippen molar-refractivity contribution in [3.8, 4) is 0 Å². The van der Waals surface area contributed by atoms with Gasteiger partial charge in [-0.25, -0.2) is 0 Å². The number of hydrogen-bond donors (Lipinski definition) is 2. The Morgan fingerprint density at radius 1 is 0.944 bits per heavy atom. The maximum atomic E-state index is 8.93. The highest BCUT2D eigenvalue weighted by Gasteiger charge is 2.20. The monoisotopic (exact) mass is 254 g/mol. The molecule has 18 heavy (non-hydrogen) atoms. The molecule has 3 nitrogen and oxygen atoms in total. The first-order chi connectivity index (χ1) is 8.88. The third kappa shape index (κ3) is 4.87. The van der Waals surface area contributed by atoms with Crippen molar-refractivity contribution in [2.75, 3.05) is 32.8 Å². The van der Waals surface area contributed by atoms with Gasteiger partial charge in [0, 0.05) is 12.6 Å². The number of nitrogens with zero attached hydrogens (tertiary/aromatic N) is 1. The Morgan fingerprint density at radius 3 is 2.22 bits per heavy atom. The molecule has 0 aromatic rings. The van der Waals surface area contributed by atoms with Crippen molar-refractivity contribution in [2.24, 2.45) is 5.92 Å². The van der Waals surface area contributed by atoms with Gasteiger partial charge in [-0.1, -0.05) is 25.7 Å². The Balaban J connectivity index is 1.59. The molecule has 1 saturated heterocycles. The van der Waals surface area contributed by atoms with Gasteiger partial charge in [-0.05, 0) is 51.2 Å². The molecule has 1 aliphatic carbocycles. The van der Waals surface area contributed by atoms with Gasteiger partial charge in [0.2, 0.25) is 0 Å². The Labute approximate surface area is 112 Å². The second-order valence-corrected chi connectivity index (χ2v) is 6.11. The van der Waals surface area contributed by atoms with Crippen LogP contribution in [0.2, 0.25) is 0 Å². The molecule has 0 amide bonds. The van der Waals surface area contributed by atoms with Gasteiger partial charge in [0.05, 0.1) is 6.61 Å². The van der Waals surface area contributed by atoms with Gasteiger partial charge < -0.3 is 15.3 Å². The van der Waals surface area contributed by atoms with Crippen LogP contribution in [0, 0.1) is 5.92 Å². The molecular formula is C15H30N2O. The lowest BCUT2D eigenvalue weighted by Crippen LogP contribution is -2.40. The molecule has 2 aliphatic rings. The minimum atomic E-state index is 0.311. The molecule has 0 atom stereocenters. The van der Waals surface area contributed by atoms with Crippen LogP contribution in [0.15, 0.2) is 0 Å². The summed E-state index contributed by atoms with van der Waals surface area (Å²) in [5.74, 6) is 0.864. The van der Waals surface area contributed by atoms with E-state index >= 15 is 0 Å². The van der Waals surface area contributed by atoms with Gasteiger partial charge in [-0.3, -0.25) is 0 Å². The maximum absolute atomic E-state index is 8.93. The van der Waals surface area contributed by atoms with Crippen LogP contribution >= 0.6 is 0 Å². The fourth-order valence-electron chi connectivity index (χ4n) is 3.37. The molecule has 106 valence electrons. The molecule has 2 rings (SSSR count). The highest BCUT2D eigenvalue weighted by molar-refractivity contribution is 4.77. The SMILES string of the molecule is OCCN1CCC(CNC2CCCCCC2)CC1. The van der Waals surface area contributed by atoms with Crippen LogP contribution in [0.25, 0.3) is 0 Å². The minimum Gasteiger partial charge on any atom is -0.395 e. The molecule has 0 unspecified atom stereocenters. The van der Waals surface area contributed by atoms with Crippen LogP contribution in [0.3, 0.4) is 0 Å². The molecule has 1 heterocycles. The number of aliphatic hydroxyl groups is 1.